The van der Waals surface area contributed by atoms with Gasteiger partial charge in [0.1, 0.15) is 0 Å². The molecular weight excluding hydrogens is 306 g/mol. The van der Waals surface area contributed by atoms with E-state index in [-0.39, 0.29) is 6.54 Å². The van der Waals surface area contributed by atoms with Crippen LogP contribution in [0.25, 0.3) is 0 Å². The molecule has 1 heterocycles. The highest BCUT2D eigenvalue weighted by atomic mass is 35.5. The fourth-order valence-corrected chi connectivity index (χ4v) is 2.45. The standard InChI is InChI=1S/C15H16ClN3O3/c16-11-6-2-5-10(7-11)13(20)14(21)17-8-12-18-15(22-19-12)9-3-1-4-9/h2,5-7,9,13,20H,1,3-4,8H2,(H,17,21)/t13-/m1/s1. The van der Waals surface area contributed by atoms with Gasteiger partial charge in [-0.1, -0.05) is 35.3 Å². The Morgan fingerprint density at radius 1 is 1.50 bits per heavy atom. The van der Waals surface area contributed by atoms with Crippen LogP contribution >= 0.6 is 11.6 Å². The molecule has 2 aromatic rings. The summed E-state index contributed by atoms with van der Waals surface area (Å²) in [4.78, 5) is 16.2. The zero-order valence-electron chi connectivity index (χ0n) is 11.8. The van der Waals surface area contributed by atoms with Crippen LogP contribution in [0.2, 0.25) is 5.02 Å². The molecule has 1 fully saturated rings. The van der Waals surface area contributed by atoms with Crippen LogP contribution in [0, 0.1) is 0 Å². The molecule has 1 saturated carbocycles. The van der Waals surface area contributed by atoms with Crippen molar-refractivity contribution in [1.82, 2.24) is 15.5 Å². The highest BCUT2D eigenvalue weighted by Crippen LogP contribution is 2.35. The molecule has 0 radical (unpaired) electrons. The first kappa shape index (κ1) is 15.0. The minimum atomic E-state index is -1.28. The van der Waals surface area contributed by atoms with Crippen LogP contribution in [0.1, 0.15) is 48.6 Å². The number of rotatable bonds is 5. The van der Waals surface area contributed by atoms with Crippen molar-refractivity contribution >= 4 is 17.5 Å². The number of nitrogens with one attached hydrogen (secondary N) is 1. The molecule has 0 aliphatic heterocycles. The van der Waals surface area contributed by atoms with Crippen LogP contribution in [-0.2, 0) is 11.3 Å². The van der Waals surface area contributed by atoms with Crippen molar-refractivity contribution in [3.63, 3.8) is 0 Å². The predicted octanol–water partition coefficient (Wildman–Crippen LogP) is 2.34. The van der Waals surface area contributed by atoms with E-state index in [0.29, 0.717) is 28.2 Å². The monoisotopic (exact) mass is 321 g/mol. The Balaban J connectivity index is 1.56. The fourth-order valence-electron chi connectivity index (χ4n) is 2.25. The number of aliphatic hydroxyl groups is 1. The Morgan fingerprint density at radius 3 is 3.00 bits per heavy atom. The summed E-state index contributed by atoms with van der Waals surface area (Å²) < 4.78 is 5.17. The number of aromatic nitrogens is 2. The average Bonchev–Trinajstić information content (AvgIpc) is 2.90. The molecule has 1 atom stereocenters. The van der Waals surface area contributed by atoms with Gasteiger partial charge in [0.2, 0.25) is 5.89 Å². The van der Waals surface area contributed by atoms with E-state index in [1.807, 2.05) is 0 Å². The number of benzene rings is 1. The second-order valence-corrected chi connectivity index (χ2v) is 5.79. The van der Waals surface area contributed by atoms with E-state index in [4.69, 9.17) is 16.1 Å². The van der Waals surface area contributed by atoms with Crippen LogP contribution in [0.5, 0.6) is 0 Å². The van der Waals surface area contributed by atoms with Gasteiger partial charge in [-0.15, -0.1) is 0 Å². The third-order valence-electron chi connectivity index (χ3n) is 3.77. The number of amides is 1. The zero-order valence-corrected chi connectivity index (χ0v) is 12.6. The molecule has 0 spiro atoms. The first-order chi connectivity index (χ1) is 10.6. The van der Waals surface area contributed by atoms with Crippen LogP contribution in [0.3, 0.4) is 0 Å². The van der Waals surface area contributed by atoms with Gasteiger partial charge in [-0.05, 0) is 30.5 Å². The summed E-state index contributed by atoms with van der Waals surface area (Å²) in [7, 11) is 0. The van der Waals surface area contributed by atoms with Gasteiger partial charge in [0, 0.05) is 10.9 Å². The Morgan fingerprint density at radius 2 is 2.32 bits per heavy atom. The SMILES string of the molecule is O=C(NCc1noc(C2CCC2)n1)[C@H](O)c1cccc(Cl)c1. The molecule has 3 rings (SSSR count). The van der Waals surface area contributed by atoms with Gasteiger partial charge < -0.3 is 14.9 Å². The lowest BCUT2D eigenvalue weighted by Gasteiger charge is -2.20. The fraction of sp³-hybridized carbons (Fsp3) is 0.400. The second-order valence-electron chi connectivity index (χ2n) is 5.35. The lowest BCUT2D eigenvalue weighted by atomic mass is 9.85. The van der Waals surface area contributed by atoms with Crippen molar-refractivity contribution in [2.24, 2.45) is 0 Å². The van der Waals surface area contributed by atoms with Crippen LogP contribution in [0.15, 0.2) is 28.8 Å². The van der Waals surface area contributed by atoms with E-state index >= 15 is 0 Å². The number of carbonyl (C=O) groups is 1. The number of hydrogen-bond donors (Lipinski definition) is 2. The summed E-state index contributed by atoms with van der Waals surface area (Å²) in [5, 5.41) is 16.9. The van der Waals surface area contributed by atoms with Gasteiger partial charge in [-0.25, -0.2) is 0 Å². The summed E-state index contributed by atoms with van der Waals surface area (Å²) in [6, 6.07) is 6.54. The van der Waals surface area contributed by atoms with Gasteiger partial charge in [-0.2, -0.15) is 4.98 Å². The Hall–Kier alpha value is -1.92. The van der Waals surface area contributed by atoms with Gasteiger partial charge in [0.05, 0.1) is 6.54 Å². The molecule has 6 nitrogen and oxygen atoms in total. The molecule has 116 valence electrons. The lowest BCUT2D eigenvalue weighted by Crippen LogP contribution is -2.29. The summed E-state index contributed by atoms with van der Waals surface area (Å²) in [5.74, 6) is 0.866. The second kappa shape index (κ2) is 6.46. The van der Waals surface area contributed by atoms with Gasteiger partial charge >= 0.3 is 0 Å². The van der Waals surface area contributed by atoms with Crippen molar-refractivity contribution in [3.05, 3.63) is 46.6 Å². The number of halogens is 1. The minimum Gasteiger partial charge on any atom is -0.378 e. The molecule has 1 aliphatic carbocycles. The molecule has 2 N–H and O–H groups in total. The molecule has 0 unspecified atom stereocenters. The van der Waals surface area contributed by atoms with Crippen LogP contribution in [-0.4, -0.2) is 21.2 Å². The van der Waals surface area contributed by atoms with E-state index in [2.05, 4.69) is 15.5 Å². The maximum atomic E-state index is 11.9. The zero-order chi connectivity index (χ0) is 15.5. The Labute approximate surface area is 132 Å². The maximum absolute atomic E-state index is 11.9. The number of hydrogen-bond acceptors (Lipinski definition) is 5. The normalized spacial score (nSPS) is 16.1. The maximum Gasteiger partial charge on any atom is 0.253 e. The van der Waals surface area contributed by atoms with Crippen molar-refractivity contribution in [2.75, 3.05) is 0 Å². The first-order valence-corrected chi connectivity index (χ1v) is 7.55. The molecule has 1 amide bonds. The average molecular weight is 322 g/mol. The number of nitrogens with zero attached hydrogens (tertiary/aromatic N) is 2. The number of carbonyl (C=O) groups excluding carboxylic acids is 1. The predicted molar refractivity (Wildman–Crippen MR) is 79.1 cm³/mol. The third-order valence-corrected chi connectivity index (χ3v) is 4.01. The van der Waals surface area contributed by atoms with Crippen molar-refractivity contribution < 1.29 is 14.4 Å². The van der Waals surface area contributed by atoms with Crippen LogP contribution in [0.4, 0.5) is 0 Å². The molecular formula is C15H16ClN3O3. The smallest absolute Gasteiger partial charge is 0.253 e. The summed E-state index contributed by atoms with van der Waals surface area (Å²) >= 11 is 5.84. The molecule has 1 aliphatic rings. The van der Waals surface area contributed by atoms with E-state index in [9.17, 15) is 9.90 Å². The summed E-state index contributed by atoms with van der Waals surface area (Å²) in [6.07, 6.45) is 2.05. The Kier molecular flexibility index (Phi) is 4.40. The molecule has 22 heavy (non-hydrogen) atoms. The van der Waals surface area contributed by atoms with Crippen molar-refractivity contribution in [2.45, 2.75) is 37.8 Å². The molecule has 0 bridgehead atoms. The minimum absolute atomic E-state index is 0.118. The summed E-state index contributed by atoms with van der Waals surface area (Å²) in [6.45, 7) is 0.118. The third kappa shape index (κ3) is 3.28. The van der Waals surface area contributed by atoms with E-state index < -0.39 is 12.0 Å². The van der Waals surface area contributed by atoms with Crippen LogP contribution < -0.4 is 5.32 Å². The molecule has 1 aromatic carbocycles. The highest BCUT2D eigenvalue weighted by Gasteiger charge is 2.25. The largest absolute Gasteiger partial charge is 0.378 e. The van der Waals surface area contributed by atoms with Gasteiger partial charge in [0.15, 0.2) is 11.9 Å². The lowest BCUT2D eigenvalue weighted by molar-refractivity contribution is -0.129. The van der Waals surface area contributed by atoms with Gasteiger partial charge in [0.25, 0.3) is 5.91 Å². The topological polar surface area (TPSA) is 88.3 Å². The Bertz CT molecular complexity index is 670. The van der Waals surface area contributed by atoms with Crippen molar-refractivity contribution in [1.29, 1.82) is 0 Å². The van der Waals surface area contributed by atoms with Gasteiger partial charge in [-0.3, -0.25) is 4.79 Å². The molecule has 1 aromatic heterocycles. The molecule has 0 saturated heterocycles. The molecule has 7 heteroatoms. The first-order valence-electron chi connectivity index (χ1n) is 7.17. The highest BCUT2D eigenvalue weighted by molar-refractivity contribution is 6.30. The van der Waals surface area contributed by atoms with E-state index in [1.165, 1.54) is 6.42 Å². The van der Waals surface area contributed by atoms with E-state index in [0.717, 1.165) is 12.8 Å². The number of aliphatic hydroxyl groups excluding tert-OH is 1. The summed E-state index contributed by atoms with van der Waals surface area (Å²) in [5.41, 5.74) is 0.438. The van der Waals surface area contributed by atoms with Crippen molar-refractivity contribution in [3.8, 4) is 0 Å². The van der Waals surface area contributed by atoms with E-state index in [1.54, 1.807) is 24.3 Å². The quantitative estimate of drug-likeness (QED) is 0.882.